The van der Waals surface area contributed by atoms with Gasteiger partial charge in [0.05, 0.1) is 6.61 Å². The largest absolute Gasteiger partial charge is 0.380 e. The molecule has 0 saturated carbocycles. The number of benzene rings is 2. The molecule has 5 heteroatoms. The fraction of sp³-hybridized carbons (Fsp3) is 0.350. The molecule has 25 heavy (non-hydrogen) atoms. The molecule has 0 radical (unpaired) electrons. The van der Waals surface area contributed by atoms with Gasteiger partial charge in [-0.05, 0) is 36.1 Å². The fourth-order valence-corrected chi connectivity index (χ4v) is 2.55. The Hall–Kier alpha value is -1.60. The van der Waals surface area contributed by atoms with Crippen molar-refractivity contribution in [2.45, 2.75) is 33.5 Å². The van der Waals surface area contributed by atoms with Gasteiger partial charge in [-0.2, -0.15) is 0 Å². The van der Waals surface area contributed by atoms with Crippen molar-refractivity contribution < 1.29 is 4.74 Å². The van der Waals surface area contributed by atoms with Crippen LogP contribution in [-0.4, -0.2) is 20.1 Å². The molecular formula is C20H28IN3O. The summed E-state index contributed by atoms with van der Waals surface area (Å²) >= 11 is 0. The van der Waals surface area contributed by atoms with Gasteiger partial charge in [-0.1, -0.05) is 48.0 Å². The van der Waals surface area contributed by atoms with Crippen LogP contribution < -0.4 is 10.6 Å². The molecule has 0 atom stereocenters. The number of hydrogen-bond donors (Lipinski definition) is 2. The molecule has 2 rings (SSSR count). The average Bonchev–Trinajstić information content (AvgIpc) is 2.58. The Morgan fingerprint density at radius 3 is 2.20 bits per heavy atom. The monoisotopic (exact) mass is 453 g/mol. The van der Waals surface area contributed by atoms with Crippen molar-refractivity contribution in [3.05, 3.63) is 70.3 Å². The minimum Gasteiger partial charge on any atom is -0.380 e. The minimum atomic E-state index is 0. The van der Waals surface area contributed by atoms with Gasteiger partial charge >= 0.3 is 0 Å². The van der Waals surface area contributed by atoms with Gasteiger partial charge < -0.3 is 15.4 Å². The Labute approximate surface area is 168 Å². The molecule has 0 heterocycles. The number of nitrogens with one attached hydrogen (secondary N) is 2. The second-order valence-corrected chi connectivity index (χ2v) is 5.96. The molecule has 2 aromatic rings. The summed E-state index contributed by atoms with van der Waals surface area (Å²) in [6, 6.07) is 14.9. The topological polar surface area (TPSA) is 45.7 Å². The Bertz CT molecular complexity index is 684. The van der Waals surface area contributed by atoms with Crippen molar-refractivity contribution in [2.75, 3.05) is 14.2 Å². The van der Waals surface area contributed by atoms with Gasteiger partial charge in [0.2, 0.25) is 0 Å². The van der Waals surface area contributed by atoms with Gasteiger partial charge in [0.15, 0.2) is 5.96 Å². The van der Waals surface area contributed by atoms with E-state index < -0.39 is 0 Å². The molecule has 4 nitrogen and oxygen atoms in total. The molecule has 0 aliphatic heterocycles. The van der Waals surface area contributed by atoms with Crippen LogP contribution in [0.25, 0.3) is 0 Å². The van der Waals surface area contributed by atoms with E-state index in [1.165, 1.54) is 27.8 Å². The van der Waals surface area contributed by atoms with Crippen molar-refractivity contribution in [3.8, 4) is 0 Å². The quantitative estimate of drug-likeness (QED) is 0.396. The number of aryl methyl sites for hydroxylation is 2. The van der Waals surface area contributed by atoms with Crippen LogP contribution in [-0.2, 0) is 24.4 Å². The zero-order valence-electron chi connectivity index (χ0n) is 15.4. The van der Waals surface area contributed by atoms with E-state index in [0.29, 0.717) is 6.61 Å². The summed E-state index contributed by atoms with van der Waals surface area (Å²) in [5.41, 5.74) is 6.26. The minimum absolute atomic E-state index is 0. The van der Waals surface area contributed by atoms with E-state index in [1.54, 1.807) is 14.2 Å². The van der Waals surface area contributed by atoms with Crippen LogP contribution in [0.5, 0.6) is 0 Å². The predicted octanol–water partition coefficient (Wildman–Crippen LogP) is 3.93. The number of rotatable bonds is 6. The molecule has 136 valence electrons. The van der Waals surface area contributed by atoms with Crippen LogP contribution in [0.3, 0.4) is 0 Å². The van der Waals surface area contributed by atoms with Gasteiger partial charge in [0.25, 0.3) is 0 Å². The molecular weight excluding hydrogens is 425 g/mol. The lowest BCUT2D eigenvalue weighted by atomic mass is 10.1. The Morgan fingerprint density at radius 1 is 0.960 bits per heavy atom. The van der Waals surface area contributed by atoms with Crippen LogP contribution in [0.4, 0.5) is 0 Å². The third kappa shape index (κ3) is 7.04. The van der Waals surface area contributed by atoms with Crippen LogP contribution in [0.15, 0.2) is 47.5 Å². The maximum atomic E-state index is 5.13. The van der Waals surface area contributed by atoms with E-state index >= 15 is 0 Å². The molecule has 0 bridgehead atoms. The van der Waals surface area contributed by atoms with E-state index in [0.717, 1.165) is 19.0 Å². The number of aliphatic imine (C=N–C) groups is 1. The SMILES string of the molecule is CN=C(NCc1ccc(COC)cc1)NCc1ccc(C)cc1C.I. The van der Waals surface area contributed by atoms with Crippen molar-refractivity contribution in [1.82, 2.24) is 10.6 Å². The molecule has 0 aliphatic carbocycles. The summed E-state index contributed by atoms with van der Waals surface area (Å²) in [7, 11) is 3.50. The highest BCUT2D eigenvalue weighted by Crippen LogP contribution is 2.10. The number of hydrogen-bond acceptors (Lipinski definition) is 2. The number of halogens is 1. The molecule has 2 aromatic carbocycles. The third-order valence-corrected chi connectivity index (χ3v) is 3.96. The smallest absolute Gasteiger partial charge is 0.191 e. The number of guanidine groups is 1. The lowest BCUT2D eigenvalue weighted by Gasteiger charge is -2.14. The van der Waals surface area contributed by atoms with Gasteiger partial charge in [0.1, 0.15) is 0 Å². The zero-order valence-corrected chi connectivity index (χ0v) is 17.8. The Balaban J connectivity index is 0.00000312. The van der Waals surface area contributed by atoms with Crippen molar-refractivity contribution >= 4 is 29.9 Å². The molecule has 0 aromatic heterocycles. The first kappa shape index (κ1) is 21.4. The molecule has 2 N–H and O–H groups in total. The normalized spacial score (nSPS) is 11.0. The van der Waals surface area contributed by atoms with E-state index in [1.807, 2.05) is 0 Å². The molecule has 0 amide bonds. The summed E-state index contributed by atoms with van der Waals surface area (Å²) in [5, 5.41) is 6.71. The van der Waals surface area contributed by atoms with Crippen LogP contribution in [0, 0.1) is 13.8 Å². The highest BCUT2D eigenvalue weighted by Gasteiger charge is 2.02. The van der Waals surface area contributed by atoms with Crippen molar-refractivity contribution in [2.24, 2.45) is 4.99 Å². The predicted molar refractivity (Wildman–Crippen MR) is 116 cm³/mol. The molecule has 0 spiro atoms. The van der Waals surface area contributed by atoms with Crippen LogP contribution in [0.2, 0.25) is 0 Å². The summed E-state index contributed by atoms with van der Waals surface area (Å²) in [5.74, 6) is 0.802. The van der Waals surface area contributed by atoms with E-state index in [9.17, 15) is 0 Å². The number of methoxy groups -OCH3 is 1. The second kappa shape index (κ2) is 11.1. The molecule has 0 aliphatic rings. The van der Waals surface area contributed by atoms with E-state index in [4.69, 9.17) is 4.74 Å². The molecule has 0 saturated heterocycles. The lowest BCUT2D eigenvalue weighted by molar-refractivity contribution is 0.185. The second-order valence-electron chi connectivity index (χ2n) is 5.96. The Kier molecular flexibility index (Phi) is 9.52. The van der Waals surface area contributed by atoms with Crippen LogP contribution in [0.1, 0.15) is 27.8 Å². The first-order valence-corrected chi connectivity index (χ1v) is 8.19. The van der Waals surface area contributed by atoms with Gasteiger partial charge in [0, 0.05) is 27.2 Å². The van der Waals surface area contributed by atoms with Crippen molar-refractivity contribution in [3.63, 3.8) is 0 Å². The number of nitrogens with zero attached hydrogens (tertiary/aromatic N) is 1. The van der Waals surface area contributed by atoms with E-state index in [-0.39, 0.29) is 24.0 Å². The standard InChI is InChI=1S/C20H27N3O.HI/c1-15-5-10-19(16(2)11-15)13-23-20(21-3)22-12-17-6-8-18(9-7-17)14-24-4;/h5-11H,12-14H2,1-4H3,(H2,21,22,23);1H. The highest BCUT2D eigenvalue weighted by atomic mass is 127. The van der Waals surface area contributed by atoms with Crippen LogP contribution >= 0.6 is 24.0 Å². The Morgan fingerprint density at radius 2 is 1.60 bits per heavy atom. The molecule has 0 fully saturated rings. The summed E-state index contributed by atoms with van der Waals surface area (Å²) in [6.45, 7) is 6.40. The highest BCUT2D eigenvalue weighted by molar-refractivity contribution is 14.0. The molecule has 0 unspecified atom stereocenters. The van der Waals surface area contributed by atoms with E-state index in [2.05, 4.69) is 71.9 Å². The zero-order chi connectivity index (χ0) is 17.4. The first-order chi connectivity index (χ1) is 11.6. The van der Waals surface area contributed by atoms with Gasteiger partial charge in [-0.25, -0.2) is 0 Å². The lowest BCUT2D eigenvalue weighted by Crippen LogP contribution is -2.36. The average molecular weight is 453 g/mol. The maximum absolute atomic E-state index is 5.13. The third-order valence-electron chi connectivity index (χ3n) is 3.96. The summed E-state index contributed by atoms with van der Waals surface area (Å²) in [6.07, 6.45) is 0. The fourth-order valence-electron chi connectivity index (χ4n) is 2.55. The van der Waals surface area contributed by atoms with Gasteiger partial charge in [-0.3, -0.25) is 4.99 Å². The van der Waals surface area contributed by atoms with Crippen molar-refractivity contribution in [1.29, 1.82) is 0 Å². The number of ether oxygens (including phenoxy) is 1. The summed E-state index contributed by atoms with van der Waals surface area (Å²) in [4.78, 5) is 4.29. The first-order valence-electron chi connectivity index (χ1n) is 8.19. The van der Waals surface area contributed by atoms with Gasteiger partial charge in [-0.15, -0.1) is 24.0 Å². The summed E-state index contributed by atoms with van der Waals surface area (Å²) < 4.78 is 5.13. The maximum Gasteiger partial charge on any atom is 0.191 e.